The van der Waals surface area contributed by atoms with E-state index in [4.69, 9.17) is 11.6 Å². The van der Waals surface area contributed by atoms with Gasteiger partial charge in [0.1, 0.15) is 5.02 Å². The second-order valence-electron chi connectivity index (χ2n) is 4.90. The van der Waals surface area contributed by atoms with Crippen LogP contribution in [0.3, 0.4) is 0 Å². The van der Waals surface area contributed by atoms with Crippen molar-refractivity contribution < 1.29 is 14.8 Å². The van der Waals surface area contributed by atoms with Crippen molar-refractivity contribution in [2.75, 3.05) is 13.6 Å². The van der Waals surface area contributed by atoms with E-state index in [9.17, 15) is 20.0 Å². The second kappa shape index (κ2) is 5.54. The van der Waals surface area contributed by atoms with E-state index < -0.39 is 10.5 Å². The molecule has 104 valence electrons. The first kappa shape index (κ1) is 15.4. The second-order valence-corrected chi connectivity index (χ2v) is 5.30. The molecule has 0 aliphatic heterocycles. The fraction of sp³-hybridized carbons (Fsp3) is 0.417. The number of halogens is 1. The molecule has 0 heterocycles. The Labute approximate surface area is 115 Å². The zero-order chi connectivity index (χ0) is 14.8. The molecule has 0 unspecified atom stereocenters. The number of likely N-dealkylation sites (N-methyl/N-ethyl adjacent to an activating group) is 1. The third-order valence-corrected chi connectivity index (χ3v) is 2.66. The fourth-order valence-electron chi connectivity index (χ4n) is 1.66. The van der Waals surface area contributed by atoms with Gasteiger partial charge >= 0.3 is 0 Å². The average Bonchev–Trinajstić information content (AvgIpc) is 2.24. The number of carbonyl (C=O) groups is 1. The molecule has 1 N–H and O–H groups in total. The predicted octanol–water partition coefficient (Wildman–Crippen LogP) is 2.09. The van der Waals surface area contributed by atoms with Crippen molar-refractivity contribution in [3.05, 3.63) is 38.9 Å². The predicted molar refractivity (Wildman–Crippen MR) is 71.4 cm³/mol. The third-order valence-electron chi connectivity index (χ3n) is 2.36. The Morgan fingerprint density at radius 3 is 2.53 bits per heavy atom. The number of nitro benzene ring substituents is 1. The molecule has 1 amide bonds. The van der Waals surface area contributed by atoms with Crippen molar-refractivity contribution in [2.45, 2.75) is 19.4 Å². The maximum Gasteiger partial charge on any atom is 0.287 e. The summed E-state index contributed by atoms with van der Waals surface area (Å²) in [6, 6.07) is 3.78. The number of nitro groups is 1. The van der Waals surface area contributed by atoms with Crippen LogP contribution in [-0.4, -0.2) is 40.0 Å². The van der Waals surface area contributed by atoms with Gasteiger partial charge in [0.15, 0.2) is 0 Å². The standard InChI is InChI=1S/C12H15ClN2O4/c1-12(2,17)7-14(3)11(16)8-4-5-10(15(18)19)9(13)6-8/h4-6,17H,7H2,1-3H3. The van der Waals surface area contributed by atoms with E-state index in [2.05, 4.69) is 0 Å². The number of benzene rings is 1. The largest absolute Gasteiger partial charge is 0.389 e. The van der Waals surface area contributed by atoms with E-state index in [0.29, 0.717) is 0 Å². The summed E-state index contributed by atoms with van der Waals surface area (Å²) in [5.41, 5.74) is -1.03. The van der Waals surface area contributed by atoms with E-state index in [1.807, 2.05) is 0 Å². The lowest BCUT2D eigenvalue weighted by Crippen LogP contribution is -2.39. The summed E-state index contributed by atoms with van der Waals surface area (Å²) in [6.07, 6.45) is 0. The highest BCUT2D eigenvalue weighted by Gasteiger charge is 2.22. The monoisotopic (exact) mass is 286 g/mol. The van der Waals surface area contributed by atoms with Gasteiger partial charge in [0.05, 0.1) is 10.5 Å². The van der Waals surface area contributed by atoms with Gasteiger partial charge in [0.25, 0.3) is 11.6 Å². The van der Waals surface area contributed by atoms with Crippen LogP contribution in [0.5, 0.6) is 0 Å². The number of nitrogens with zero attached hydrogens (tertiary/aromatic N) is 2. The number of hydrogen-bond acceptors (Lipinski definition) is 4. The average molecular weight is 287 g/mol. The molecule has 0 saturated heterocycles. The highest BCUT2D eigenvalue weighted by Crippen LogP contribution is 2.25. The van der Waals surface area contributed by atoms with Gasteiger partial charge in [0, 0.05) is 25.2 Å². The van der Waals surface area contributed by atoms with Crippen LogP contribution in [0.2, 0.25) is 5.02 Å². The first-order valence-corrected chi connectivity index (χ1v) is 5.91. The van der Waals surface area contributed by atoms with Gasteiger partial charge in [-0.1, -0.05) is 11.6 Å². The summed E-state index contributed by atoms with van der Waals surface area (Å²) in [6.45, 7) is 3.31. The van der Waals surface area contributed by atoms with E-state index in [0.717, 1.165) is 0 Å². The molecule has 0 aliphatic rings. The SMILES string of the molecule is CN(CC(C)(C)O)C(=O)c1ccc([N+](=O)[O-])c(Cl)c1. The summed E-state index contributed by atoms with van der Waals surface area (Å²) >= 11 is 5.74. The molecule has 0 fully saturated rings. The number of carbonyl (C=O) groups excluding carboxylic acids is 1. The fourth-order valence-corrected chi connectivity index (χ4v) is 1.91. The minimum atomic E-state index is -1.02. The number of rotatable bonds is 4. The zero-order valence-electron chi connectivity index (χ0n) is 10.9. The molecule has 0 spiro atoms. The first-order chi connectivity index (χ1) is 8.61. The molecule has 0 saturated carbocycles. The lowest BCUT2D eigenvalue weighted by molar-refractivity contribution is -0.384. The van der Waals surface area contributed by atoms with Crippen LogP contribution in [0, 0.1) is 10.1 Å². The Hall–Kier alpha value is -1.66. The normalized spacial score (nSPS) is 11.2. The van der Waals surface area contributed by atoms with Gasteiger partial charge in [-0.15, -0.1) is 0 Å². The molecule has 6 nitrogen and oxygen atoms in total. The number of hydrogen-bond donors (Lipinski definition) is 1. The van der Waals surface area contributed by atoms with Crippen LogP contribution in [0.15, 0.2) is 18.2 Å². The molecule has 0 atom stereocenters. The highest BCUT2D eigenvalue weighted by atomic mass is 35.5. The van der Waals surface area contributed by atoms with Crippen LogP contribution in [0.4, 0.5) is 5.69 Å². The maximum atomic E-state index is 12.0. The minimum Gasteiger partial charge on any atom is -0.389 e. The summed E-state index contributed by atoms with van der Waals surface area (Å²) in [4.78, 5) is 23.4. The summed E-state index contributed by atoms with van der Waals surface area (Å²) in [5, 5.41) is 20.2. The summed E-state index contributed by atoms with van der Waals surface area (Å²) in [5.74, 6) is -0.362. The van der Waals surface area contributed by atoms with E-state index in [1.54, 1.807) is 13.8 Å². The van der Waals surface area contributed by atoms with Crippen molar-refractivity contribution in [1.29, 1.82) is 0 Å². The van der Waals surface area contributed by atoms with Crippen LogP contribution in [0.1, 0.15) is 24.2 Å². The number of amides is 1. The van der Waals surface area contributed by atoms with Crippen LogP contribution in [-0.2, 0) is 0 Å². The molecule has 1 aromatic rings. The highest BCUT2D eigenvalue weighted by molar-refractivity contribution is 6.33. The van der Waals surface area contributed by atoms with Crippen LogP contribution in [0.25, 0.3) is 0 Å². The Morgan fingerprint density at radius 2 is 2.11 bits per heavy atom. The van der Waals surface area contributed by atoms with E-state index in [1.165, 1.54) is 30.1 Å². The van der Waals surface area contributed by atoms with Gasteiger partial charge < -0.3 is 10.0 Å². The molecule has 1 rings (SSSR count). The zero-order valence-corrected chi connectivity index (χ0v) is 11.6. The van der Waals surface area contributed by atoms with Crippen LogP contribution < -0.4 is 0 Å². The number of aliphatic hydroxyl groups is 1. The molecule has 0 aromatic heterocycles. The summed E-state index contributed by atoms with van der Waals surface area (Å²) in [7, 11) is 1.54. The summed E-state index contributed by atoms with van der Waals surface area (Å²) < 4.78 is 0. The van der Waals surface area contributed by atoms with Gasteiger partial charge in [-0.25, -0.2) is 0 Å². The van der Waals surface area contributed by atoms with Crippen molar-refractivity contribution >= 4 is 23.2 Å². The Kier molecular flexibility index (Phi) is 4.49. The molecular weight excluding hydrogens is 272 g/mol. The van der Waals surface area contributed by atoms with Gasteiger partial charge in [-0.3, -0.25) is 14.9 Å². The van der Waals surface area contributed by atoms with Gasteiger partial charge in [-0.05, 0) is 26.0 Å². The quantitative estimate of drug-likeness (QED) is 0.678. The molecule has 0 radical (unpaired) electrons. The lowest BCUT2D eigenvalue weighted by Gasteiger charge is -2.25. The lowest BCUT2D eigenvalue weighted by atomic mass is 10.1. The Balaban J connectivity index is 2.95. The molecule has 0 bridgehead atoms. The molecule has 19 heavy (non-hydrogen) atoms. The van der Waals surface area contributed by atoms with Crippen molar-refractivity contribution in [2.24, 2.45) is 0 Å². The smallest absolute Gasteiger partial charge is 0.287 e. The Morgan fingerprint density at radius 1 is 1.53 bits per heavy atom. The minimum absolute atomic E-state index is 0.0903. The first-order valence-electron chi connectivity index (χ1n) is 5.53. The maximum absolute atomic E-state index is 12.0. The van der Waals surface area contributed by atoms with Crippen molar-refractivity contribution in [1.82, 2.24) is 4.90 Å². The molecule has 0 aliphatic carbocycles. The molecule has 7 heteroatoms. The topological polar surface area (TPSA) is 83.7 Å². The van der Waals surface area contributed by atoms with Gasteiger partial charge in [0.2, 0.25) is 0 Å². The van der Waals surface area contributed by atoms with E-state index in [-0.39, 0.29) is 28.7 Å². The molecule has 1 aromatic carbocycles. The van der Waals surface area contributed by atoms with Gasteiger partial charge in [-0.2, -0.15) is 0 Å². The van der Waals surface area contributed by atoms with Crippen LogP contribution >= 0.6 is 11.6 Å². The van der Waals surface area contributed by atoms with E-state index >= 15 is 0 Å². The third kappa shape index (κ3) is 4.18. The molecular formula is C12H15ClN2O4. The van der Waals surface area contributed by atoms with Crippen molar-refractivity contribution in [3.63, 3.8) is 0 Å². The van der Waals surface area contributed by atoms with Crippen molar-refractivity contribution in [3.8, 4) is 0 Å². The Bertz CT molecular complexity index is 511.